The maximum absolute atomic E-state index is 12.4. The van der Waals surface area contributed by atoms with Crippen LogP contribution in [-0.2, 0) is 4.79 Å². The Balaban J connectivity index is 1.67. The van der Waals surface area contributed by atoms with Gasteiger partial charge >= 0.3 is 0 Å². The van der Waals surface area contributed by atoms with Gasteiger partial charge in [0, 0.05) is 56.0 Å². The summed E-state index contributed by atoms with van der Waals surface area (Å²) in [5.74, 6) is -0.306. The molecule has 1 heterocycles. The van der Waals surface area contributed by atoms with Gasteiger partial charge in [-0.25, -0.2) is 0 Å². The summed E-state index contributed by atoms with van der Waals surface area (Å²) in [5, 5.41) is 14.1. The molecule has 1 fully saturated rings. The van der Waals surface area contributed by atoms with Gasteiger partial charge in [0.1, 0.15) is 0 Å². The van der Waals surface area contributed by atoms with Crippen LogP contribution in [0.1, 0.15) is 23.7 Å². The van der Waals surface area contributed by atoms with Crippen molar-refractivity contribution in [3.05, 3.63) is 63.2 Å². The zero-order chi connectivity index (χ0) is 21.0. The van der Waals surface area contributed by atoms with Crippen LogP contribution in [0.3, 0.4) is 0 Å². The SMILES string of the molecule is CCC(=O)N1CCN(c2ccc(NC(=O)c3cccc([N+](=O)[O-])c3)cc2Cl)CC1. The third-order valence-corrected chi connectivity index (χ3v) is 5.10. The normalized spacial score (nSPS) is 13.9. The molecule has 1 aliphatic rings. The molecule has 1 saturated heterocycles. The lowest BCUT2D eigenvalue weighted by molar-refractivity contribution is -0.384. The van der Waals surface area contributed by atoms with E-state index in [-0.39, 0.29) is 17.2 Å². The van der Waals surface area contributed by atoms with Gasteiger partial charge in [-0.3, -0.25) is 19.7 Å². The van der Waals surface area contributed by atoms with Crippen LogP contribution in [0.15, 0.2) is 42.5 Å². The van der Waals surface area contributed by atoms with E-state index in [1.807, 2.05) is 17.9 Å². The Morgan fingerprint density at radius 2 is 1.86 bits per heavy atom. The molecule has 3 rings (SSSR count). The van der Waals surface area contributed by atoms with Gasteiger partial charge in [0.15, 0.2) is 0 Å². The molecule has 0 unspecified atom stereocenters. The molecule has 29 heavy (non-hydrogen) atoms. The van der Waals surface area contributed by atoms with Crippen LogP contribution in [0.2, 0.25) is 5.02 Å². The molecule has 9 heteroatoms. The molecule has 0 aliphatic carbocycles. The molecule has 0 atom stereocenters. The number of anilines is 2. The maximum atomic E-state index is 12.4. The number of non-ortho nitro benzene ring substituents is 1. The zero-order valence-corrected chi connectivity index (χ0v) is 16.7. The first-order chi connectivity index (χ1) is 13.9. The van der Waals surface area contributed by atoms with Crippen LogP contribution in [0.25, 0.3) is 0 Å². The standard InChI is InChI=1S/C20H21ClN4O4/c1-2-19(26)24-10-8-23(9-11-24)18-7-6-15(13-17(18)21)22-20(27)14-4-3-5-16(12-14)25(28)29/h3-7,12-13H,2,8-11H2,1H3,(H,22,27). The first kappa shape index (κ1) is 20.6. The Morgan fingerprint density at radius 3 is 2.48 bits per heavy atom. The number of amides is 2. The fourth-order valence-electron chi connectivity index (χ4n) is 3.23. The van der Waals surface area contributed by atoms with Gasteiger partial charge in [0.25, 0.3) is 11.6 Å². The second-order valence-corrected chi connectivity index (χ2v) is 7.06. The van der Waals surface area contributed by atoms with Crippen LogP contribution in [0.5, 0.6) is 0 Å². The Labute approximate surface area is 173 Å². The summed E-state index contributed by atoms with van der Waals surface area (Å²) in [6.07, 6.45) is 0.500. The number of halogens is 1. The van der Waals surface area contributed by atoms with Crippen molar-refractivity contribution in [1.29, 1.82) is 0 Å². The molecule has 152 valence electrons. The van der Waals surface area contributed by atoms with Crippen molar-refractivity contribution in [2.24, 2.45) is 0 Å². The number of hydrogen-bond acceptors (Lipinski definition) is 5. The summed E-state index contributed by atoms with van der Waals surface area (Å²) in [5.41, 5.74) is 1.38. The molecule has 1 aliphatic heterocycles. The molecule has 0 aromatic heterocycles. The molecule has 0 spiro atoms. The predicted molar refractivity (Wildman–Crippen MR) is 112 cm³/mol. The summed E-state index contributed by atoms with van der Waals surface area (Å²) in [4.78, 5) is 38.5. The van der Waals surface area contributed by atoms with E-state index < -0.39 is 10.8 Å². The number of nitro benzene ring substituents is 1. The molecule has 2 aromatic rings. The number of carbonyl (C=O) groups excluding carboxylic acids is 2. The van der Waals surface area contributed by atoms with E-state index in [9.17, 15) is 19.7 Å². The highest BCUT2D eigenvalue weighted by atomic mass is 35.5. The van der Waals surface area contributed by atoms with Crippen molar-refractivity contribution in [2.45, 2.75) is 13.3 Å². The number of hydrogen-bond donors (Lipinski definition) is 1. The van der Waals surface area contributed by atoms with Gasteiger partial charge in [-0.05, 0) is 24.3 Å². The first-order valence-corrected chi connectivity index (χ1v) is 9.65. The van der Waals surface area contributed by atoms with E-state index in [0.717, 1.165) is 5.69 Å². The molecule has 0 saturated carbocycles. The van der Waals surface area contributed by atoms with Gasteiger partial charge in [-0.15, -0.1) is 0 Å². The van der Waals surface area contributed by atoms with E-state index in [2.05, 4.69) is 10.2 Å². The van der Waals surface area contributed by atoms with Crippen LogP contribution < -0.4 is 10.2 Å². The summed E-state index contributed by atoms with van der Waals surface area (Å²) >= 11 is 6.42. The van der Waals surface area contributed by atoms with Crippen molar-refractivity contribution < 1.29 is 14.5 Å². The highest BCUT2D eigenvalue weighted by Gasteiger charge is 2.21. The van der Waals surface area contributed by atoms with Crippen molar-refractivity contribution >= 4 is 40.5 Å². The number of carbonyl (C=O) groups is 2. The van der Waals surface area contributed by atoms with E-state index >= 15 is 0 Å². The highest BCUT2D eigenvalue weighted by molar-refractivity contribution is 6.33. The summed E-state index contributed by atoms with van der Waals surface area (Å²) in [6, 6.07) is 10.7. The topological polar surface area (TPSA) is 95.8 Å². The third-order valence-electron chi connectivity index (χ3n) is 4.80. The van der Waals surface area contributed by atoms with Crippen LogP contribution >= 0.6 is 11.6 Å². The monoisotopic (exact) mass is 416 g/mol. The Bertz CT molecular complexity index is 942. The quantitative estimate of drug-likeness (QED) is 0.593. The number of rotatable bonds is 5. The molecule has 2 aromatic carbocycles. The Hall–Kier alpha value is -3.13. The number of nitrogens with zero attached hydrogens (tertiary/aromatic N) is 3. The summed E-state index contributed by atoms with van der Waals surface area (Å²) in [6.45, 7) is 4.52. The average molecular weight is 417 g/mol. The maximum Gasteiger partial charge on any atom is 0.270 e. The minimum atomic E-state index is -0.545. The van der Waals surface area contributed by atoms with Gasteiger partial charge < -0.3 is 15.1 Å². The van der Waals surface area contributed by atoms with Crippen LogP contribution in [0.4, 0.5) is 17.1 Å². The smallest absolute Gasteiger partial charge is 0.270 e. The van der Waals surface area contributed by atoms with E-state index in [1.54, 1.807) is 12.1 Å². The minimum Gasteiger partial charge on any atom is -0.367 e. The lowest BCUT2D eigenvalue weighted by Crippen LogP contribution is -2.48. The number of nitrogens with one attached hydrogen (secondary N) is 1. The Kier molecular flexibility index (Phi) is 6.33. The fraction of sp³-hybridized carbons (Fsp3) is 0.300. The van der Waals surface area contributed by atoms with Gasteiger partial charge in [0.05, 0.1) is 15.6 Å². The lowest BCUT2D eigenvalue weighted by Gasteiger charge is -2.36. The molecular formula is C20H21ClN4O4. The molecule has 0 bridgehead atoms. The summed E-state index contributed by atoms with van der Waals surface area (Å²) < 4.78 is 0. The van der Waals surface area contributed by atoms with Crippen LogP contribution in [-0.4, -0.2) is 47.8 Å². The van der Waals surface area contributed by atoms with E-state index in [1.165, 1.54) is 24.3 Å². The van der Waals surface area contributed by atoms with Gasteiger partial charge in [-0.1, -0.05) is 24.6 Å². The third kappa shape index (κ3) is 4.83. The van der Waals surface area contributed by atoms with Crippen molar-refractivity contribution in [2.75, 3.05) is 36.4 Å². The second-order valence-electron chi connectivity index (χ2n) is 6.65. The molecule has 0 radical (unpaired) electrons. The summed E-state index contributed by atoms with van der Waals surface area (Å²) in [7, 11) is 0. The van der Waals surface area contributed by atoms with Gasteiger partial charge in [-0.2, -0.15) is 0 Å². The molecule has 8 nitrogen and oxygen atoms in total. The van der Waals surface area contributed by atoms with Crippen molar-refractivity contribution in [1.82, 2.24) is 4.90 Å². The largest absolute Gasteiger partial charge is 0.367 e. The lowest BCUT2D eigenvalue weighted by atomic mass is 10.1. The van der Waals surface area contributed by atoms with Gasteiger partial charge in [0.2, 0.25) is 5.91 Å². The predicted octanol–water partition coefficient (Wildman–Crippen LogP) is 3.56. The van der Waals surface area contributed by atoms with Crippen LogP contribution in [0, 0.1) is 10.1 Å². The molecule has 1 N–H and O–H groups in total. The van der Waals surface area contributed by atoms with E-state index in [4.69, 9.17) is 11.6 Å². The molecule has 2 amide bonds. The number of piperazine rings is 1. The zero-order valence-electron chi connectivity index (χ0n) is 15.9. The Morgan fingerprint density at radius 1 is 1.14 bits per heavy atom. The second kappa shape index (κ2) is 8.91. The fourth-order valence-corrected chi connectivity index (χ4v) is 3.53. The number of nitro groups is 1. The van der Waals surface area contributed by atoms with Crippen molar-refractivity contribution in [3.8, 4) is 0 Å². The highest BCUT2D eigenvalue weighted by Crippen LogP contribution is 2.30. The van der Waals surface area contributed by atoms with Crippen molar-refractivity contribution in [3.63, 3.8) is 0 Å². The average Bonchev–Trinajstić information content (AvgIpc) is 2.73. The number of benzene rings is 2. The molecular weight excluding hydrogens is 396 g/mol. The van der Waals surface area contributed by atoms with E-state index in [0.29, 0.717) is 43.3 Å². The minimum absolute atomic E-state index is 0.147. The first-order valence-electron chi connectivity index (χ1n) is 9.27.